The second-order valence-electron chi connectivity index (χ2n) is 6.03. The van der Waals surface area contributed by atoms with Crippen LogP contribution < -0.4 is 0 Å². The molecule has 2 atom stereocenters. The Morgan fingerprint density at radius 3 is 1.46 bits per heavy atom. The minimum absolute atomic E-state index is 0.139. The normalized spacial score (nSPS) is 13.8. The maximum atomic E-state index is 11.5. The van der Waals surface area contributed by atoms with Crippen molar-refractivity contribution in [2.75, 3.05) is 65.0 Å². The predicted molar refractivity (Wildman–Crippen MR) is 107 cm³/mol. The van der Waals surface area contributed by atoms with Crippen LogP contribution in [0.5, 0.6) is 0 Å². The summed E-state index contributed by atoms with van der Waals surface area (Å²) >= 11 is -3.60. The van der Waals surface area contributed by atoms with Crippen molar-refractivity contribution in [2.24, 2.45) is 0 Å². The van der Waals surface area contributed by atoms with Gasteiger partial charge in [-0.05, 0) is 40.0 Å². The average Bonchev–Trinajstić information content (AvgIpc) is 2.59. The minimum Gasteiger partial charge on any atom is -0.461 e. The zero-order valence-electron chi connectivity index (χ0n) is 16.3. The highest BCUT2D eigenvalue weighted by Crippen LogP contribution is 1.93. The van der Waals surface area contributed by atoms with E-state index in [1.165, 1.54) is 0 Å². The maximum absolute atomic E-state index is 11.5. The molecule has 164 valence electrons. The summed E-state index contributed by atoms with van der Waals surface area (Å²) in [6, 6.07) is 0. The Morgan fingerprint density at radius 2 is 1.14 bits per heavy atom. The SMILES string of the molecule is CN(CCCS(=O)O)CCOC(=O)/C=C/C(=O)OCCN(C)CCCS(=O)O. The molecule has 0 fully saturated rings. The number of nitrogens with zero attached hydrogens (tertiary/aromatic N) is 2. The standard InChI is InChI=1S/C16H30N2O8S2/c1-17(7-3-13-27(21)22)9-11-25-15(19)5-6-16(20)26-12-10-18(2)8-4-14-28(23)24/h5-6H,3-4,7-14H2,1-2H3,(H,21,22)(H,23,24)/b6-5+. The third-order valence-electron chi connectivity index (χ3n) is 3.51. The number of hydrogen-bond donors (Lipinski definition) is 2. The van der Waals surface area contributed by atoms with Crippen molar-refractivity contribution in [3.63, 3.8) is 0 Å². The van der Waals surface area contributed by atoms with Crippen LogP contribution in [0.25, 0.3) is 0 Å². The van der Waals surface area contributed by atoms with E-state index in [4.69, 9.17) is 18.6 Å². The van der Waals surface area contributed by atoms with Crippen LogP contribution in [0.2, 0.25) is 0 Å². The van der Waals surface area contributed by atoms with Crippen molar-refractivity contribution < 1.29 is 36.6 Å². The van der Waals surface area contributed by atoms with E-state index in [2.05, 4.69) is 0 Å². The van der Waals surface area contributed by atoms with Crippen LogP contribution in [0.4, 0.5) is 0 Å². The summed E-state index contributed by atoms with van der Waals surface area (Å²) in [5, 5.41) is 0. The van der Waals surface area contributed by atoms with E-state index in [0.717, 1.165) is 12.2 Å². The van der Waals surface area contributed by atoms with Crippen molar-refractivity contribution in [3.05, 3.63) is 12.2 Å². The third-order valence-corrected chi connectivity index (χ3v) is 4.78. The number of likely N-dealkylation sites (N-methyl/N-ethyl adjacent to an activating group) is 2. The van der Waals surface area contributed by atoms with Crippen LogP contribution in [0.1, 0.15) is 12.8 Å². The Morgan fingerprint density at radius 1 is 0.786 bits per heavy atom. The van der Waals surface area contributed by atoms with Crippen molar-refractivity contribution in [1.82, 2.24) is 9.80 Å². The number of rotatable bonds is 16. The molecule has 0 spiro atoms. The van der Waals surface area contributed by atoms with E-state index < -0.39 is 34.1 Å². The van der Waals surface area contributed by atoms with E-state index in [0.29, 0.717) is 39.0 Å². The zero-order valence-corrected chi connectivity index (χ0v) is 17.9. The molecular weight excluding hydrogens is 412 g/mol. The topological polar surface area (TPSA) is 134 Å². The molecule has 0 aliphatic heterocycles. The van der Waals surface area contributed by atoms with Crippen LogP contribution in [0, 0.1) is 0 Å². The summed E-state index contributed by atoms with van der Waals surface area (Å²) < 4.78 is 48.3. The molecule has 0 saturated heterocycles. The summed E-state index contributed by atoms with van der Waals surface area (Å²) in [7, 11) is 3.61. The highest BCUT2D eigenvalue weighted by molar-refractivity contribution is 7.79. The molecule has 0 radical (unpaired) electrons. The second kappa shape index (κ2) is 16.7. The fraction of sp³-hybridized carbons (Fsp3) is 0.750. The van der Waals surface area contributed by atoms with Crippen LogP contribution in [0.3, 0.4) is 0 Å². The van der Waals surface area contributed by atoms with Gasteiger partial charge in [0.05, 0.1) is 11.5 Å². The summed E-state index contributed by atoms with van der Waals surface area (Å²) in [6.45, 7) is 2.44. The Labute approximate surface area is 170 Å². The molecule has 0 aliphatic rings. The lowest BCUT2D eigenvalue weighted by molar-refractivity contribution is -0.140. The van der Waals surface area contributed by atoms with E-state index in [9.17, 15) is 18.0 Å². The van der Waals surface area contributed by atoms with E-state index in [-0.39, 0.29) is 24.7 Å². The fourth-order valence-corrected chi connectivity index (χ4v) is 2.73. The fourth-order valence-electron chi connectivity index (χ4n) is 1.98. The highest BCUT2D eigenvalue weighted by Gasteiger charge is 2.05. The van der Waals surface area contributed by atoms with Gasteiger partial charge in [-0.2, -0.15) is 0 Å². The molecule has 12 heteroatoms. The first-order chi connectivity index (χ1) is 13.2. The van der Waals surface area contributed by atoms with Crippen molar-refractivity contribution in [2.45, 2.75) is 12.8 Å². The molecule has 0 saturated carbocycles. The lowest BCUT2D eigenvalue weighted by Gasteiger charge is -2.15. The molecule has 2 unspecified atom stereocenters. The van der Waals surface area contributed by atoms with Gasteiger partial charge in [-0.25, -0.2) is 18.0 Å². The summed E-state index contributed by atoms with van der Waals surface area (Å²) in [5.41, 5.74) is 0. The van der Waals surface area contributed by atoms with Gasteiger partial charge in [0, 0.05) is 25.2 Å². The van der Waals surface area contributed by atoms with Crippen LogP contribution in [-0.2, 0) is 41.2 Å². The maximum Gasteiger partial charge on any atom is 0.331 e. The van der Waals surface area contributed by atoms with Gasteiger partial charge >= 0.3 is 11.9 Å². The molecule has 0 aromatic heterocycles. The Hall–Kier alpha value is -1.18. The molecule has 0 amide bonds. The molecule has 0 aromatic carbocycles. The molecule has 0 bridgehead atoms. The van der Waals surface area contributed by atoms with Gasteiger partial charge < -0.3 is 28.4 Å². The summed E-state index contributed by atoms with van der Waals surface area (Å²) in [6.07, 6.45) is 3.12. The van der Waals surface area contributed by atoms with Crippen molar-refractivity contribution in [3.8, 4) is 0 Å². The smallest absolute Gasteiger partial charge is 0.331 e. The molecule has 2 N–H and O–H groups in total. The van der Waals surface area contributed by atoms with Crippen molar-refractivity contribution in [1.29, 1.82) is 0 Å². The van der Waals surface area contributed by atoms with Gasteiger partial charge in [0.2, 0.25) is 0 Å². The first kappa shape index (κ1) is 26.8. The van der Waals surface area contributed by atoms with Gasteiger partial charge in [-0.1, -0.05) is 0 Å². The lowest BCUT2D eigenvalue weighted by Crippen LogP contribution is -2.26. The molecule has 0 aromatic rings. The largest absolute Gasteiger partial charge is 0.461 e. The Balaban J connectivity index is 3.79. The van der Waals surface area contributed by atoms with Gasteiger partial charge in [0.1, 0.15) is 13.2 Å². The number of ether oxygens (including phenoxy) is 2. The van der Waals surface area contributed by atoms with E-state index >= 15 is 0 Å². The van der Waals surface area contributed by atoms with E-state index in [1.54, 1.807) is 0 Å². The van der Waals surface area contributed by atoms with E-state index in [1.807, 2.05) is 23.9 Å². The molecule has 28 heavy (non-hydrogen) atoms. The molecule has 0 rings (SSSR count). The Kier molecular flexibility index (Phi) is 16.0. The van der Waals surface area contributed by atoms with Gasteiger partial charge in [0.25, 0.3) is 0 Å². The average molecular weight is 443 g/mol. The van der Waals surface area contributed by atoms with Crippen molar-refractivity contribution >= 4 is 34.1 Å². The molecule has 0 aliphatic carbocycles. The van der Waals surface area contributed by atoms with Crippen LogP contribution in [-0.4, -0.2) is 104 Å². The number of esters is 2. The molecule has 10 nitrogen and oxygen atoms in total. The minimum atomic E-state index is -1.80. The summed E-state index contributed by atoms with van der Waals surface area (Å²) in [4.78, 5) is 26.8. The summed E-state index contributed by atoms with van der Waals surface area (Å²) in [5.74, 6) is -0.908. The lowest BCUT2D eigenvalue weighted by atomic mass is 10.4. The molecular formula is C16H30N2O8S2. The number of carbonyl (C=O) groups excluding carboxylic acids is 2. The third kappa shape index (κ3) is 18.2. The van der Waals surface area contributed by atoms with Gasteiger partial charge in [0.15, 0.2) is 22.2 Å². The first-order valence-corrected chi connectivity index (χ1v) is 11.3. The quantitative estimate of drug-likeness (QED) is 0.187. The number of carbonyl (C=O) groups is 2. The second-order valence-corrected chi connectivity index (χ2v) is 8.14. The predicted octanol–water partition coefficient (Wildman–Crippen LogP) is -0.284. The zero-order chi connectivity index (χ0) is 21.4. The van der Waals surface area contributed by atoms with Gasteiger partial charge in [-0.3, -0.25) is 0 Å². The van der Waals surface area contributed by atoms with Crippen LogP contribution in [0.15, 0.2) is 12.2 Å². The van der Waals surface area contributed by atoms with Gasteiger partial charge in [-0.15, -0.1) is 0 Å². The Bertz CT molecular complexity index is 499. The van der Waals surface area contributed by atoms with Crippen LogP contribution >= 0.6 is 0 Å². The monoisotopic (exact) mass is 442 g/mol. The molecule has 0 heterocycles. The highest BCUT2D eigenvalue weighted by atomic mass is 32.2. The first-order valence-electron chi connectivity index (χ1n) is 8.74. The number of hydrogen-bond acceptors (Lipinski definition) is 8.